The molecule has 0 aliphatic carbocycles. The van der Waals surface area contributed by atoms with E-state index in [2.05, 4.69) is 181 Å². The summed E-state index contributed by atoms with van der Waals surface area (Å²) in [5.74, 6) is 0. The van der Waals surface area contributed by atoms with Gasteiger partial charge in [-0.05, 0) is 74.6 Å². The number of nitrogens with one attached hydrogen (secondary N) is 1. The first-order valence-corrected chi connectivity index (χ1v) is 19.3. The molecule has 9 aromatic carbocycles. The third kappa shape index (κ3) is 4.36. The molecule has 0 radical (unpaired) electrons. The molecule has 12 rings (SSSR count). The quantitative estimate of drug-likeness (QED) is 0.182. The molecule has 0 bridgehead atoms. The van der Waals surface area contributed by atoms with Gasteiger partial charge in [-0.2, -0.15) is 0 Å². The van der Waals surface area contributed by atoms with Crippen LogP contribution in [0.15, 0.2) is 176 Å². The molecule has 3 heteroatoms. The number of rotatable bonds is 3. The molecule has 0 spiro atoms. The Balaban J connectivity index is 1.08. The van der Waals surface area contributed by atoms with E-state index in [9.17, 15) is 0 Å². The average Bonchev–Trinajstić information content (AvgIpc) is 3.81. The molecule has 250 valence electrons. The van der Waals surface area contributed by atoms with Crippen molar-refractivity contribution in [3.8, 4) is 33.5 Å². The highest BCUT2D eigenvalue weighted by atomic mass is 32.1. The van der Waals surface area contributed by atoms with Crippen LogP contribution in [0.1, 0.15) is 0 Å². The Morgan fingerprint density at radius 3 is 1.98 bits per heavy atom. The number of hydrogen-bond donors (Lipinski definition) is 1. The lowest BCUT2D eigenvalue weighted by Gasteiger charge is -2.13. The molecule has 3 aromatic heterocycles. The van der Waals surface area contributed by atoms with E-state index in [0.717, 1.165) is 27.9 Å². The third-order valence-electron chi connectivity index (χ3n) is 11.3. The summed E-state index contributed by atoms with van der Waals surface area (Å²) in [5, 5.41) is 13.8. The van der Waals surface area contributed by atoms with Gasteiger partial charge in [0.15, 0.2) is 0 Å². The van der Waals surface area contributed by atoms with Gasteiger partial charge >= 0.3 is 0 Å². The second-order valence-corrected chi connectivity index (χ2v) is 15.4. The van der Waals surface area contributed by atoms with E-state index in [0.29, 0.717) is 0 Å². The molecule has 0 fully saturated rings. The van der Waals surface area contributed by atoms with Crippen molar-refractivity contribution in [1.82, 2.24) is 9.97 Å². The van der Waals surface area contributed by atoms with E-state index in [4.69, 9.17) is 4.98 Å². The SMILES string of the molecule is c1ccc(-c2nc3cc(-c4cccc(-c5cc6ccccc6c6c5[nH]c5cc7ccccc7cc56)c4)ccc3c3c2ccc2c4ccccc4sc23)cc1. The van der Waals surface area contributed by atoms with Crippen molar-refractivity contribution in [2.24, 2.45) is 0 Å². The third-order valence-corrected chi connectivity index (χ3v) is 12.5. The number of hydrogen-bond acceptors (Lipinski definition) is 2. The molecule has 2 nitrogen and oxygen atoms in total. The lowest BCUT2D eigenvalue weighted by molar-refractivity contribution is 1.43. The molecule has 1 N–H and O–H groups in total. The fourth-order valence-electron chi connectivity index (χ4n) is 8.80. The molecular formula is C51H30N2S. The number of nitrogens with zero attached hydrogens (tertiary/aromatic N) is 1. The van der Waals surface area contributed by atoms with Gasteiger partial charge in [0, 0.05) is 63.7 Å². The van der Waals surface area contributed by atoms with Crippen molar-refractivity contribution in [2.45, 2.75) is 0 Å². The van der Waals surface area contributed by atoms with Crippen LogP contribution < -0.4 is 0 Å². The number of aromatic amines is 1. The highest BCUT2D eigenvalue weighted by Crippen LogP contribution is 2.45. The second-order valence-electron chi connectivity index (χ2n) is 14.4. The van der Waals surface area contributed by atoms with Crippen LogP contribution in [0.4, 0.5) is 0 Å². The first-order valence-electron chi connectivity index (χ1n) is 18.5. The monoisotopic (exact) mass is 702 g/mol. The topological polar surface area (TPSA) is 28.7 Å². The summed E-state index contributed by atoms with van der Waals surface area (Å²) in [6.07, 6.45) is 0. The minimum atomic E-state index is 1.00. The first kappa shape index (κ1) is 29.7. The fraction of sp³-hybridized carbons (Fsp3) is 0. The van der Waals surface area contributed by atoms with Gasteiger partial charge < -0.3 is 4.98 Å². The Morgan fingerprint density at radius 2 is 1.09 bits per heavy atom. The van der Waals surface area contributed by atoms with E-state index in [-0.39, 0.29) is 0 Å². The summed E-state index contributed by atoms with van der Waals surface area (Å²) in [6.45, 7) is 0. The highest BCUT2D eigenvalue weighted by molar-refractivity contribution is 7.26. The van der Waals surface area contributed by atoms with Crippen molar-refractivity contribution in [3.05, 3.63) is 176 Å². The Kier molecular flexibility index (Phi) is 6.25. The largest absolute Gasteiger partial charge is 0.354 e. The number of thiophene rings is 1. The maximum Gasteiger partial charge on any atom is 0.0788 e. The van der Waals surface area contributed by atoms with Gasteiger partial charge in [-0.25, -0.2) is 4.98 Å². The Hall–Kier alpha value is -6.81. The van der Waals surface area contributed by atoms with E-state index in [1.807, 2.05) is 11.3 Å². The molecular weight excluding hydrogens is 673 g/mol. The number of aromatic nitrogens is 2. The first-order chi connectivity index (χ1) is 26.7. The van der Waals surface area contributed by atoms with Gasteiger partial charge in [-0.1, -0.05) is 140 Å². The summed E-state index contributed by atoms with van der Waals surface area (Å²) >= 11 is 1.88. The normalized spacial score (nSPS) is 12.1. The van der Waals surface area contributed by atoms with Crippen LogP contribution in [0, 0.1) is 0 Å². The Labute approximate surface area is 314 Å². The predicted octanol–water partition coefficient (Wildman–Crippen LogP) is 14.7. The summed E-state index contributed by atoms with van der Waals surface area (Å²) in [4.78, 5) is 9.29. The molecule has 0 saturated carbocycles. The average molecular weight is 703 g/mol. The van der Waals surface area contributed by atoms with Gasteiger partial charge in [0.2, 0.25) is 0 Å². The van der Waals surface area contributed by atoms with Crippen LogP contribution in [-0.2, 0) is 0 Å². The molecule has 0 saturated heterocycles. The van der Waals surface area contributed by atoms with Crippen molar-refractivity contribution >= 4 is 96.5 Å². The van der Waals surface area contributed by atoms with E-state index in [1.54, 1.807) is 0 Å². The molecule has 0 aliphatic heterocycles. The number of H-pyrrole nitrogens is 1. The molecule has 0 aliphatic rings. The van der Waals surface area contributed by atoms with Crippen LogP contribution in [0.2, 0.25) is 0 Å². The lowest BCUT2D eigenvalue weighted by Crippen LogP contribution is -1.91. The summed E-state index contributed by atoms with van der Waals surface area (Å²) in [7, 11) is 0. The molecule has 54 heavy (non-hydrogen) atoms. The van der Waals surface area contributed by atoms with Crippen LogP contribution in [0.25, 0.3) is 119 Å². The molecule has 0 unspecified atom stereocenters. The van der Waals surface area contributed by atoms with Crippen molar-refractivity contribution in [2.75, 3.05) is 0 Å². The molecule has 0 amide bonds. The molecule has 0 atom stereocenters. The zero-order valence-electron chi connectivity index (χ0n) is 29.1. The van der Waals surface area contributed by atoms with Crippen LogP contribution in [0.3, 0.4) is 0 Å². The number of benzene rings is 9. The highest BCUT2D eigenvalue weighted by Gasteiger charge is 2.18. The van der Waals surface area contributed by atoms with Crippen LogP contribution in [-0.4, -0.2) is 9.97 Å². The number of fused-ring (bicyclic) bond motifs is 13. The predicted molar refractivity (Wildman–Crippen MR) is 233 cm³/mol. The zero-order valence-corrected chi connectivity index (χ0v) is 29.9. The Morgan fingerprint density at radius 1 is 0.407 bits per heavy atom. The standard InChI is InChI=1S/C51H30N2S/c1-2-11-30(12-3-1)49-41-24-23-39-38-19-8-9-20-46(38)54-51(39)48(41)40-22-21-34(29-44(40)52-49)31-16-10-17-35(25-31)42-27-36-15-6-7-18-37(36)47-43-26-32-13-4-5-14-33(32)28-45(43)53-50(42)47/h1-29,53H. The van der Waals surface area contributed by atoms with Gasteiger partial charge in [0.25, 0.3) is 0 Å². The maximum absolute atomic E-state index is 5.42. The van der Waals surface area contributed by atoms with Crippen LogP contribution in [0.5, 0.6) is 0 Å². The zero-order chi connectivity index (χ0) is 35.3. The summed E-state index contributed by atoms with van der Waals surface area (Å²) in [6, 6.07) is 64.2. The molecule has 3 heterocycles. The van der Waals surface area contributed by atoms with Crippen molar-refractivity contribution in [1.29, 1.82) is 0 Å². The van der Waals surface area contributed by atoms with E-state index < -0.39 is 0 Å². The lowest BCUT2D eigenvalue weighted by atomic mass is 9.93. The number of pyridine rings is 1. The second kappa shape index (κ2) is 11.3. The molecule has 12 aromatic rings. The summed E-state index contributed by atoms with van der Waals surface area (Å²) in [5.41, 5.74) is 10.2. The minimum Gasteiger partial charge on any atom is -0.354 e. The van der Waals surface area contributed by atoms with E-state index in [1.165, 1.54) is 90.9 Å². The Bertz CT molecular complexity index is 3500. The van der Waals surface area contributed by atoms with Gasteiger partial charge in [0.1, 0.15) is 0 Å². The summed E-state index contributed by atoms with van der Waals surface area (Å²) < 4.78 is 2.63. The smallest absolute Gasteiger partial charge is 0.0788 e. The van der Waals surface area contributed by atoms with Gasteiger partial charge in [-0.3, -0.25) is 0 Å². The van der Waals surface area contributed by atoms with Crippen molar-refractivity contribution < 1.29 is 0 Å². The van der Waals surface area contributed by atoms with Crippen molar-refractivity contribution in [3.63, 3.8) is 0 Å². The van der Waals surface area contributed by atoms with Crippen LogP contribution >= 0.6 is 11.3 Å². The minimum absolute atomic E-state index is 1.00. The fourth-order valence-corrected chi connectivity index (χ4v) is 10.1. The van der Waals surface area contributed by atoms with Gasteiger partial charge in [0.05, 0.1) is 16.7 Å². The maximum atomic E-state index is 5.42. The van der Waals surface area contributed by atoms with Gasteiger partial charge in [-0.15, -0.1) is 11.3 Å². The van der Waals surface area contributed by atoms with E-state index >= 15 is 0 Å².